The van der Waals surface area contributed by atoms with Gasteiger partial charge in [-0.3, -0.25) is 4.79 Å². The number of carbonyl (C=O) groups excluding carboxylic acids is 1. The summed E-state index contributed by atoms with van der Waals surface area (Å²) in [7, 11) is 0. The van der Waals surface area contributed by atoms with Crippen LogP contribution in [-0.2, 0) is 11.3 Å². The van der Waals surface area contributed by atoms with Crippen molar-refractivity contribution < 1.29 is 9.18 Å². The Hall–Kier alpha value is -1.13. The second-order valence-corrected chi connectivity index (χ2v) is 4.61. The van der Waals surface area contributed by atoms with Gasteiger partial charge in [-0.15, -0.1) is 12.4 Å². The first-order chi connectivity index (χ1) is 8.08. The highest BCUT2D eigenvalue weighted by atomic mass is 35.5. The Morgan fingerprint density at radius 3 is 2.44 bits per heavy atom. The molecule has 0 radical (unpaired) electrons. The number of benzene rings is 1. The third-order valence-electron chi connectivity index (χ3n) is 2.93. The van der Waals surface area contributed by atoms with Gasteiger partial charge in [0, 0.05) is 12.6 Å². The molecule has 3 nitrogen and oxygen atoms in total. The molecule has 0 aliphatic heterocycles. The lowest BCUT2D eigenvalue weighted by atomic mass is 10.2. The van der Waals surface area contributed by atoms with E-state index in [1.165, 1.54) is 12.1 Å². The monoisotopic (exact) mass is 272 g/mol. The number of rotatable bonds is 4. The summed E-state index contributed by atoms with van der Waals surface area (Å²) in [6.07, 6.45) is 2.08. The van der Waals surface area contributed by atoms with E-state index < -0.39 is 6.04 Å². The number of nitrogens with two attached hydrogens (primary N) is 1. The van der Waals surface area contributed by atoms with Crippen molar-refractivity contribution in [3.63, 3.8) is 0 Å². The summed E-state index contributed by atoms with van der Waals surface area (Å²) in [5, 5.41) is 0. The lowest BCUT2D eigenvalue weighted by Gasteiger charge is -2.24. The van der Waals surface area contributed by atoms with Gasteiger partial charge < -0.3 is 10.6 Å². The molecule has 0 heterocycles. The Morgan fingerprint density at radius 1 is 1.44 bits per heavy atom. The molecule has 2 rings (SSSR count). The number of nitrogens with zero attached hydrogens (tertiary/aromatic N) is 1. The quantitative estimate of drug-likeness (QED) is 0.912. The van der Waals surface area contributed by atoms with Crippen LogP contribution in [-0.4, -0.2) is 22.9 Å². The zero-order chi connectivity index (χ0) is 12.4. The largest absolute Gasteiger partial charge is 0.334 e. The number of amides is 1. The van der Waals surface area contributed by atoms with Crippen LogP contribution in [0.4, 0.5) is 4.39 Å². The summed E-state index contributed by atoms with van der Waals surface area (Å²) in [6.45, 7) is 2.22. The second-order valence-electron chi connectivity index (χ2n) is 4.61. The predicted molar refractivity (Wildman–Crippen MR) is 70.9 cm³/mol. The normalized spacial score (nSPS) is 15.7. The second kappa shape index (κ2) is 6.16. The summed E-state index contributed by atoms with van der Waals surface area (Å²) < 4.78 is 12.8. The van der Waals surface area contributed by atoms with E-state index >= 15 is 0 Å². The Bertz CT molecular complexity index is 404. The average molecular weight is 273 g/mol. The smallest absolute Gasteiger partial charge is 0.239 e. The summed E-state index contributed by atoms with van der Waals surface area (Å²) >= 11 is 0. The van der Waals surface area contributed by atoms with Crippen LogP contribution in [0.1, 0.15) is 25.3 Å². The van der Waals surface area contributed by atoms with Gasteiger partial charge in [-0.05, 0) is 37.5 Å². The highest BCUT2D eigenvalue weighted by molar-refractivity contribution is 5.85. The van der Waals surface area contributed by atoms with Crippen molar-refractivity contribution in [2.24, 2.45) is 5.73 Å². The van der Waals surface area contributed by atoms with E-state index in [1.54, 1.807) is 24.0 Å². The zero-order valence-corrected chi connectivity index (χ0v) is 11.1. The van der Waals surface area contributed by atoms with Gasteiger partial charge >= 0.3 is 0 Å². The van der Waals surface area contributed by atoms with Crippen LogP contribution in [0.3, 0.4) is 0 Å². The van der Waals surface area contributed by atoms with Crippen LogP contribution in [0.2, 0.25) is 0 Å². The lowest BCUT2D eigenvalue weighted by molar-refractivity contribution is -0.133. The van der Waals surface area contributed by atoms with Crippen molar-refractivity contribution in [3.8, 4) is 0 Å². The summed E-state index contributed by atoms with van der Waals surface area (Å²) in [4.78, 5) is 13.7. The molecule has 100 valence electrons. The van der Waals surface area contributed by atoms with E-state index in [0.717, 1.165) is 18.4 Å². The summed E-state index contributed by atoms with van der Waals surface area (Å²) in [6, 6.07) is 6.08. The molecule has 1 aliphatic carbocycles. The fourth-order valence-electron chi connectivity index (χ4n) is 1.82. The third kappa shape index (κ3) is 3.68. The average Bonchev–Trinajstić information content (AvgIpc) is 3.11. The van der Waals surface area contributed by atoms with Crippen LogP contribution in [0.25, 0.3) is 0 Å². The molecule has 1 amide bonds. The molecule has 1 fully saturated rings. The van der Waals surface area contributed by atoms with Crippen molar-refractivity contribution in [1.29, 1.82) is 0 Å². The summed E-state index contributed by atoms with van der Waals surface area (Å²) in [5.74, 6) is -0.290. The fourth-order valence-corrected chi connectivity index (χ4v) is 1.82. The van der Waals surface area contributed by atoms with Crippen molar-refractivity contribution in [3.05, 3.63) is 35.6 Å². The molecular formula is C13H18ClFN2O. The zero-order valence-electron chi connectivity index (χ0n) is 10.3. The molecule has 1 aliphatic rings. The molecule has 0 bridgehead atoms. The number of hydrogen-bond acceptors (Lipinski definition) is 2. The van der Waals surface area contributed by atoms with Crippen LogP contribution >= 0.6 is 12.4 Å². The first-order valence-electron chi connectivity index (χ1n) is 5.88. The number of carbonyl (C=O) groups is 1. The minimum absolute atomic E-state index is 0. The van der Waals surface area contributed by atoms with E-state index in [-0.39, 0.29) is 24.1 Å². The Balaban J connectivity index is 0.00000162. The van der Waals surface area contributed by atoms with Crippen molar-refractivity contribution in [2.45, 2.75) is 38.4 Å². The maximum atomic E-state index is 12.8. The Kier molecular flexibility index (Phi) is 5.11. The molecule has 0 aromatic heterocycles. The molecule has 0 saturated heterocycles. The molecule has 1 aromatic carbocycles. The minimum Gasteiger partial charge on any atom is -0.334 e. The van der Waals surface area contributed by atoms with Crippen LogP contribution in [0.5, 0.6) is 0 Å². The minimum atomic E-state index is -0.476. The first-order valence-corrected chi connectivity index (χ1v) is 5.88. The standard InChI is InChI=1S/C13H17FN2O.ClH/c1-9(15)13(17)16(12-6-7-12)8-10-2-4-11(14)5-3-10;/h2-5,9,12H,6-8,15H2,1H3;1H. The maximum absolute atomic E-state index is 12.8. The molecule has 2 N–H and O–H groups in total. The predicted octanol–water partition coefficient (Wildman–Crippen LogP) is 2.09. The van der Waals surface area contributed by atoms with E-state index in [0.29, 0.717) is 12.6 Å². The molecule has 0 spiro atoms. The Labute approximate surface area is 113 Å². The topological polar surface area (TPSA) is 46.3 Å². The number of hydrogen-bond donors (Lipinski definition) is 1. The molecule has 1 unspecified atom stereocenters. The van der Waals surface area contributed by atoms with Gasteiger partial charge in [-0.1, -0.05) is 12.1 Å². The molecule has 1 aromatic rings. The van der Waals surface area contributed by atoms with Gasteiger partial charge in [0.05, 0.1) is 6.04 Å². The van der Waals surface area contributed by atoms with Gasteiger partial charge in [0.2, 0.25) is 5.91 Å². The molecule has 1 saturated carbocycles. The van der Waals surface area contributed by atoms with E-state index in [1.807, 2.05) is 0 Å². The van der Waals surface area contributed by atoms with Crippen molar-refractivity contribution in [1.82, 2.24) is 4.90 Å². The highest BCUT2D eigenvalue weighted by Crippen LogP contribution is 2.28. The van der Waals surface area contributed by atoms with Crippen LogP contribution in [0, 0.1) is 5.82 Å². The van der Waals surface area contributed by atoms with E-state index in [9.17, 15) is 9.18 Å². The van der Waals surface area contributed by atoms with E-state index in [2.05, 4.69) is 0 Å². The van der Waals surface area contributed by atoms with Crippen LogP contribution in [0.15, 0.2) is 24.3 Å². The third-order valence-corrected chi connectivity index (χ3v) is 2.93. The maximum Gasteiger partial charge on any atom is 0.239 e. The molecule has 5 heteroatoms. The lowest BCUT2D eigenvalue weighted by Crippen LogP contribution is -2.42. The van der Waals surface area contributed by atoms with Crippen LogP contribution < -0.4 is 5.73 Å². The van der Waals surface area contributed by atoms with Gasteiger partial charge in [-0.2, -0.15) is 0 Å². The SMILES string of the molecule is CC(N)C(=O)N(Cc1ccc(F)cc1)C1CC1.Cl. The van der Waals surface area contributed by atoms with E-state index in [4.69, 9.17) is 5.73 Å². The highest BCUT2D eigenvalue weighted by Gasteiger charge is 2.33. The number of halogens is 2. The van der Waals surface area contributed by atoms with Gasteiger partial charge in [0.25, 0.3) is 0 Å². The molecular weight excluding hydrogens is 255 g/mol. The van der Waals surface area contributed by atoms with Crippen molar-refractivity contribution >= 4 is 18.3 Å². The fraction of sp³-hybridized carbons (Fsp3) is 0.462. The first kappa shape index (κ1) is 14.9. The van der Waals surface area contributed by atoms with Gasteiger partial charge in [-0.25, -0.2) is 4.39 Å². The molecule has 1 atom stereocenters. The van der Waals surface area contributed by atoms with Gasteiger partial charge in [0.15, 0.2) is 0 Å². The van der Waals surface area contributed by atoms with Gasteiger partial charge in [0.1, 0.15) is 5.82 Å². The van der Waals surface area contributed by atoms with Crippen molar-refractivity contribution in [2.75, 3.05) is 0 Å². The Morgan fingerprint density at radius 2 is 2.00 bits per heavy atom. The molecule has 18 heavy (non-hydrogen) atoms. The summed E-state index contributed by atoms with van der Waals surface area (Å²) in [5.41, 5.74) is 6.57.